The van der Waals surface area contributed by atoms with Gasteiger partial charge in [0, 0.05) is 22.7 Å². The van der Waals surface area contributed by atoms with Crippen LogP contribution in [-0.4, -0.2) is 33.8 Å². The minimum Gasteiger partial charge on any atom is -0.496 e. The molecule has 0 aliphatic rings. The number of benzene rings is 3. The first-order chi connectivity index (χ1) is 15.5. The molecule has 0 aromatic heterocycles. The van der Waals surface area contributed by atoms with E-state index in [1.54, 1.807) is 63.8 Å². The third-order valence-corrected chi connectivity index (χ3v) is 5.15. The molecule has 3 aromatic carbocycles. The maximum Gasteiger partial charge on any atom is 0.251 e. The van der Waals surface area contributed by atoms with Crippen molar-refractivity contribution in [3.8, 4) is 23.0 Å². The van der Waals surface area contributed by atoms with Gasteiger partial charge >= 0.3 is 0 Å². The highest BCUT2D eigenvalue weighted by atomic mass is 35.5. The minimum atomic E-state index is -0.166. The Balaban J connectivity index is 1.61. The van der Waals surface area contributed by atoms with Crippen LogP contribution in [-0.2, 0) is 13.0 Å². The molecule has 168 valence electrons. The van der Waals surface area contributed by atoms with Crippen LogP contribution in [0, 0.1) is 0 Å². The molecule has 0 spiro atoms. The number of ether oxygens (including phenoxy) is 4. The quantitative estimate of drug-likeness (QED) is 0.470. The van der Waals surface area contributed by atoms with Crippen molar-refractivity contribution in [1.29, 1.82) is 0 Å². The number of nitrogens with one attached hydrogen (secondary N) is 1. The first kappa shape index (κ1) is 23.3. The molecule has 6 nitrogen and oxygen atoms in total. The topological polar surface area (TPSA) is 66.0 Å². The number of hydrogen-bond acceptors (Lipinski definition) is 5. The van der Waals surface area contributed by atoms with Gasteiger partial charge in [0.2, 0.25) is 0 Å². The summed E-state index contributed by atoms with van der Waals surface area (Å²) in [6.07, 6.45) is 0.661. The second-order valence-corrected chi connectivity index (χ2v) is 7.40. The van der Waals surface area contributed by atoms with Gasteiger partial charge in [-0.3, -0.25) is 4.79 Å². The van der Waals surface area contributed by atoms with E-state index >= 15 is 0 Å². The van der Waals surface area contributed by atoms with Gasteiger partial charge in [0.1, 0.15) is 18.1 Å². The van der Waals surface area contributed by atoms with Crippen LogP contribution in [0.1, 0.15) is 21.5 Å². The highest BCUT2D eigenvalue weighted by Crippen LogP contribution is 2.27. The molecule has 1 amide bonds. The Labute approximate surface area is 193 Å². The summed E-state index contributed by atoms with van der Waals surface area (Å²) in [5.74, 6) is 2.51. The van der Waals surface area contributed by atoms with Crippen molar-refractivity contribution in [3.63, 3.8) is 0 Å². The molecule has 3 aromatic rings. The van der Waals surface area contributed by atoms with Crippen LogP contribution in [0.5, 0.6) is 23.0 Å². The molecule has 0 radical (unpaired) electrons. The van der Waals surface area contributed by atoms with E-state index in [0.29, 0.717) is 46.5 Å². The number of halogens is 1. The number of methoxy groups -OCH3 is 3. The summed E-state index contributed by atoms with van der Waals surface area (Å²) in [4.78, 5) is 12.7. The van der Waals surface area contributed by atoms with E-state index < -0.39 is 0 Å². The largest absolute Gasteiger partial charge is 0.496 e. The molecule has 1 N–H and O–H groups in total. The van der Waals surface area contributed by atoms with Crippen molar-refractivity contribution >= 4 is 17.5 Å². The third kappa shape index (κ3) is 6.08. The number of rotatable bonds is 10. The second kappa shape index (κ2) is 11.3. The van der Waals surface area contributed by atoms with Gasteiger partial charge in [0.25, 0.3) is 5.91 Å². The Bertz CT molecular complexity index is 1050. The van der Waals surface area contributed by atoms with Gasteiger partial charge in [0.15, 0.2) is 11.5 Å². The number of hydrogen-bond donors (Lipinski definition) is 1. The molecule has 0 saturated carbocycles. The van der Waals surface area contributed by atoms with Gasteiger partial charge in [-0.15, -0.1) is 0 Å². The van der Waals surface area contributed by atoms with Crippen LogP contribution < -0.4 is 24.3 Å². The first-order valence-corrected chi connectivity index (χ1v) is 10.5. The first-order valence-electron chi connectivity index (χ1n) is 10.1. The summed E-state index contributed by atoms with van der Waals surface area (Å²) in [6, 6.07) is 18.1. The molecule has 0 saturated heterocycles. The lowest BCUT2D eigenvalue weighted by atomic mass is 10.1. The second-order valence-electron chi connectivity index (χ2n) is 6.96. The Morgan fingerprint density at radius 1 is 0.844 bits per heavy atom. The van der Waals surface area contributed by atoms with Crippen LogP contribution in [0.25, 0.3) is 0 Å². The zero-order valence-corrected chi connectivity index (χ0v) is 19.1. The maximum atomic E-state index is 12.7. The molecule has 32 heavy (non-hydrogen) atoms. The normalized spacial score (nSPS) is 10.4. The van der Waals surface area contributed by atoms with E-state index in [9.17, 15) is 4.79 Å². The highest BCUT2D eigenvalue weighted by Gasteiger charge is 2.11. The molecule has 0 heterocycles. The Kier molecular flexibility index (Phi) is 8.22. The van der Waals surface area contributed by atoms with E-state index in [-0.39, 0.29) is 12.5 Å². The Morgan fingerprint density at radius 3 is 2.22 bits per heavy atom. The van der Waals surface area contributed by atoms with Crippen molar-refractivity contribution < 1.29 is 23.7 Å². The van der Waals surface area contributed by atoms with E-state index in [1.807, 2.05) is 18.2 Å². The average molecular weight is 456 g/mol. The van der Waals surface area contributed by atoms with Crippen LogP contribution in [0.2, 0.25) is 5.02 Å². The predicted octanol–water partition coefficient (Wildman–Crippen LogP) is 4.92. The van der Waals surface area contributed by atoms with Crippen molar-refractivity contribution in [2.75, 3.05) is 27.9 Å². The van der Waals surface area contributed by atoms with Crippen molar-refractivity contribution in [2.24, 2.45) is 0 Å². The lowest BCUT2D eigenvalue weighted by molar-refractivity contribution is 0.0954. The smallest absolute Gasteiger partial charge is 0.251 e. The van der Waals surface area contributed by atoms with E-state index in [4.69, 9.17) is 30.5 Å². The summed E-state index contributed by atoms with van der Waals surface area (Å²) in [5, 5.41) is 3.59. The van der Waals surface area contributed by atoms with Gasteiger partial charge in [-0.05, 0) is 66.6 Å². The Morgan fingerprint density at radius 2 is 1.53 bits per heavy atom. The number of carbonyl (C=O) groups excluding carboxylic acids is 1. The molecule has 0 bridgehead atoms. The van der Waals surface area contributed by atoms with Gasteiger partial charge < -0.3 is 24.3 Å². The predicted molar refractivity (Wildman–Crippen MR) is 124 cm³/mol. The minimum absolute atomic E-state index is 0.166. The van der Waals surface area contributed by atoms with Crippen LogP contribution in [0.4, 0.5) is 0 Å². The highest BCUT2D eigenvalue weighted by molar-refractivity contribution is 6.30. The molecule has 7 heteroatoms. The fourth-order valence-electron chi connectivity index (χ4n) is 3.18. The van der Waals surface area contributed by atoms with Gasteiger partial charge in [-0.25, -0.2) is 0 Å². The van der Waals surface area contributed by atoms with Gasteiger partial charge in [-0.1, -0.05) is 17.7 Å². The molecule has 0 fully saturated rings. The van der Waals surface area contributed by atoms with Crippen LogP contribution >= 0.6 is 11.6 Å². The molecule has 0 atom stereocenters. The lowest BCUT2D eigenvalue weighted by Crippen LogP contribution is -2.25. The van der Waals surface area contributed by atoms with Crippen molar-refractivity contribution in [1.82, 2.24) is 5.32 Å². The molecule has 0 aliphatic heterocycles. The number of amides is 1. The summed E-state index contributed by atoms with van der Waals surface area (Å²) in [6.45, 7) is 0.745. The SMILES string of the molecule is COc1ccc(C(=O)NCCc2ccc(OC)c(OC)c2)cc1COc1ccc(Cl)cc1. The van der Waals surface area contributed by atoms with Gasteiger partial charge in [-0.2, -0.15) is 0 Å². The average Bonchev–Trinajstić information content (AvgIpc) is 2.83. The summed E-state index contributed by atoms with van der Waals surface area (Å²) in [5.41, 5.74) is 2.34. The molecule has 3 rings (SSSR count). The van der Waals surface area contributed by atoms with Gasteiger partial charge in [0.05, 0.1) is 21.3 Å². The summed E-state index contributed by atoms with van der Waals surface area (Å²) >= 11 is 5.91. The molecular weight excluding hydrogens is 430 g/mol. The van der Waals surface area contributed by atoms with Crippen LogP contribution in [0.15, 0.2) is 60.7 Å². The lowest BCUT2D eigenvalue weighted by Gasteiger charge is -2.13. The third-order valence-electron chi connectivity index (χ3n) is 4.90. The fraction of sp³-hybridized carbons (Fsp3) is 0.240. The summed E-state index contributed by atoms with van der Waals surface area (Å²) in [7, 11) is 4.78. The van der Waals surface area contributed by atoms with E-state index in [0.717, 1.165) is 11.1 Å². The van der Waals surface area contributed by atoms with E-state index in [2.05, 4.69) is 5.32 Å². The standard InChI is InChI=1S/C25H26ClNO5/c1-29-22-11-5-18(15-19(22)16-32-21-8-6-20(26)7-9-21)25(28)27-13-12-17-4-10-23(30-2)24(14-17)31-3/h4-11,14-15H,12-13,16H2,1-3H3,(H,27,28). The molecule has 0 aliphatic carbocycles. The van der Waals surface area contributed by atoms with Crippen molar-refractivity contribution in [2.45, 2.75) is 13.0 Å². The molecular formula is C25H26ClNO5. The molecule has 0 unspecified atom stereocenters. The Hall–Kier alpha value is -3.38. The summed E-state index contributed by atoms with van der Waals surface area (Å²) < 4.78 is 21.8. The maximum absolute atomic E-state index is 12.7. The zero-order valence-electron chi connectivity index (χ0n) is 18.3. The zero-order chi connectivity index (χ0) is 22.9. The monoisotopic (exact) mass is 455 g/mol. The van der Waals surface area contributed by atoms with E-state index in [1.165, 1.54) is 0 Å². The fourth-order valence-corrected chi connectivity index (χ4v) is 3.31. The van der Waals surface area contributed by atoms with Crippen LogP contribution in [0.3, 0.4) is 0 Å². The van der Waals surface area contributed by atoms with Crippen molar-refractivity contribution in [3.05, 3.63) is 82.4 Å². The number of carbonyl (C=O) groups is 1.